The fraction of sp³-hybridized carbons (Fsp3) is 0.385. The normalized spacial score (nSPS) is 11.3. The van der Waals surface area contributed by atoms with Crippen molar-refractivity contribution in [1.29, 1.82) is 5.26 Å². The highest BCUT2D eigenvalue weighted by molar-refractivity contribution is 5.85. The zero-order valence-corrected chi connectivity index (χ0v) is 11.6. The largest absolute Gasteiger partial charge is 0.368 e. The number of nitrogens with zero attached hydrogens (tertiary/aromatic N) is 3. The van der Waals surface area contributed by atoms with E-state index in [9.17, 15) is 14.9 Å². The zero-order chi connectivity index (χ0) is 15.3. The van der Waals surface area contributed by atoms with Crippen LogP contribution in [0.1, 0.15) is 19.4 Å². The maximum atomic E-state index is 11.9. The molecule has 0 bridgehead atoms. The number of amides is 1. The van der Waals surface area contributed by atoms with Crippen molar-refractivity contribution < 1.29 is 9.72 Å². The molecule has 0 aliphatic carbocycles. The molecule has 0 saturated carbocycles. The number of carbonyl (C=O) groups excluding carboxylic acids is 1. The Morgan fingerprint density at radius 3 is 2.75 bits per heavy atom. The Morgan fingerprint density at radius 2 is 2.25 bits per heavy atom. The predicted molar refractivity (Wildman–Crippen MR) is 74.2 cm³/mol. The van der Waals surface area contributed by atoms with E-state index in [4.69, 9.17) is 5.26 Å². The van der Waals surface area contributed by atoms with Gasteiger partial charge in [0.05, 0.1) is 16.6 Å². The van der Waals surface area contributed by atoms with E-state index in [1.54, 1.807) is 14.0 Å². The summed E-state index contributed by atoms with van der Waals surface area (Å²) in [4.78, 5) is 23.9. The summed E-state index contributed by atoms with van der Waals surface area (Å²) in [5.41, 5.74) is 0.295. The maximum absolute atomic E-state index is 11.9. The topological polar surface area (TPSA) is 99.3 Å². The molecule has 1 N–H and O–H groups in total. The second kappa shape index (κ2) is 6.52. The Kier molecular flexibility index (Phi) is 5.03. The lowest BCUT2D eigenvalue weighted by Crippen LogP contribution is -2.38. The van der Waals surface area contributed by atoms with Gasteiger partial charge in [-0.2, -0.15) is 5.26 Å². The highest BCUT2D eigenvalue weighted by atomic mass is 16.6. The number of nitro groups is 1. The van der Waals surface area contributed by atoms with Gasteiger partial charge in [-0.3, -0.25) is 14.9 Å². The molecule has 0 saturated heterocycles. The van der Waals surface area contributed by atoms with Crippen molar-refractivity contribution in [3.63, 3.8) is 0 Å². The Labute approximate surface area is 117 Å². The minimum Gasteiger partial charge on any atom is -0.368 e. The first kappa shape index (κ1) is 15.4. The lowest BCUT2D eigenvalue weighted by molar-refractivity contribution is -0.384. The predicted octanol–water partition coefficient (Wildman–Crippen LogP) is 1.75. The molecule has 1 amide bonds. The van der Waals surface area contributed by atoms with E-state index >= 15 is 0 Å². The number of nitro benzene ring substituents is 1. The van der Waals surface area contributed by atoms with Gasteiger partial charge in [-0.1, -0.05) is 0 Å². The molecular formula is C13H16N4O3. The first-order chi connectivity index (χ1) is 9.40. The highest BCUT2D eigenvalue weighted by Gasteiger charge is 2.21. The lowest BCUT2D eigenvalue weighted by atomic mass is 10.1. The average molecular weight is 276 g/mol. The first-order valence-corrected chi connectivity index (χ1v) is 6.10. The number of hydrogen-bond acceptors (Lipinski definition) is 5. The quantitative estimate of drug-likeness (QED) is 0.652. The number of benzene rings is 1. The molecule has 0 radical (unpaired) electrons. The molecule has 1 unspecified atom stereocenters. The van der Waals surface area contributed by atoms with Gasteiger partial charge in [0.1, 0.15) is 11.7 Å². The van der Waals surface area contributed by atoms with E-state index in [0.29, 0.717) is 12.1 Å². The summed E-state index contributed by atoms with van der Waals surface area (Å²) >= 11 is 0. The van der Waals surface area contributed by atoms with Crippen molar-refractivity contribution in [1.82, 2.24) is 4.90 Å². The average Bonchev–Trinajstić information content (AvgIpc) is 2.44. The summed E-state index contributed by atoms with van der Waals surface area (Å²) in [6, 6.07) is 5.28. The second-order valence-corrected chi connectivity index (χ2v) is 4.32. The van der Waals surface area contributed by atoms with Crippen LogP contribution in [0.5, 0.6) is 0 Å². The van der Waals surface area contributed by atoms with Crippen LogP contribution in [0.3, 0.4) is 0 Å². The molecule has 106 valence electrons. The summed E-state index contributed by atoms with van der Waals surface area (Å²) in [7, 11) is 1.65. The van der Waals surface area contributed by atoms with Crippen LogP contribution in [-0.2, 0) is 4.79 Å². The molecule has 0 heterocycles. The monoisotopic (exact) mass is 276 g/mol. The Hall–Kier alpha value is -2.62. The van der Waals surface area contributed by atoms with E-state index in [2.05, 4.69) is 5.32 Å². The third-order valence-electron chi connectivity index (χ3n) is 2.92. The van der Waals surface area contributed by atoms with Crippen LogP contribution in [-0.4, -0.2) is 35.4 Å². The Morgan fingerprint density at radius 1 is 1.60 bits per heavy atom. The molecule has 7 heteroatoms. The van der Waals surface area contributed by atoms with Gasteiger partial charge in [0.15, 0.2) is 0 Å². The van der Waals surface area contributed by atoms with Crippen molar-refractivity contribution in [2.45, 2.75) is 19.9 Å². The van der Waals surface area contributed by atoms with E-state index in [1.807, 2.05) is 13.0 Å². The Balaban J connectivity index is 3.04. The number of carbonyl (C=O) groups is 1. The smallest absolute Gasteiger partial charge is 0.292 e. The summed E-state index contributed by atoms with van der Waals surface area (Å²) < 4.78 is 0. The van der Waals surface area contributed by atoms with Gasteiger partial charge in [0.25, 0.3) is 5.69 Å². The highest BCUT2D eigenvalue weighted by Crippen LogP contribution is 2.26. The van der Waals surface area contributed by atoms with Crippen LogP contribution >= 0.6 is 0 Å². The minimum atomic E-state index is -0.618. The summed E-state index contributed by atoms with van der Waals surface area (Å²) in [6.45, 7) is 4.01. The number of rotatable bonds is 5. The SMILES string of the molecule is CCN(C)C(=O)C(C)Nc1cc(C#N)ccc1[N+](=O)[O-]. The second-order valence-electron chi connectivity index (χ2n) is 4.32. The van der Waals surface area contributed by atoms with Gasteiger partial charge in [-0.05, 0) is 26.0 Å². The summed E-state index contributed by atoms with van der Waals surface area (Å²) in [5.74, 6) is -0.177. The van der Waals surface area contributed by atoms with Gasteiger partial charge in [-0.15, -0.1) is 0 Å². The van der Waals surface area contributed by atoms with Crippen molar-refractivity contribution in [3.8, 4) is 6.07 Å². The molecule has 7 nitrogen and oxygen atoms in total. The van der Waals surface area contributed by atoms with Gasteiger partial charge in [0.2, 0.25) is 5.91 Å². The number of likely N-dealkylation sites (N-methyl/N-ethyl adjacent to an activating group) is 1. The molecule has 0 spiro atoms. The summed E-state index contributed by atoms with van der Waals surface area (Å²) in [5, 5.41) is 22.6. The van der Waals surface area contributed by atoms with E-state index in [0.717, 1.165) is 0 Å². The van der Waals surface area contributed by atoms with Crippen LogP contribution in [0.15, 0.2) is 18.2 Å². The fourth-order valence-electron chi connectivity index (χ4n) is 1.66. The molecule has 0 fully saturated rings. The number of nitriles is 1. The standard InChI is InChI=1S/C13H16N4O3/c1-4-16(3)13(18)9(2)15-11-7-10(8-14)5-6-12(11)17(19)20/h5-7,9,15H,4H2,1-3H3. The molecule has 1 aromatic rings. The first-order valence-electron chi connectivity index (χ1n) is 6.10. The molecule has 1 aromatic carbocycles. The van der Waals surface area contributed by atoms with E-state index in [1.165, 1.54) is 23.1 Å². The molecular weight excluding hydrogens is 260 g/mol. The van der Waals surface area contributed by atoms with Crippen LogP contribution in [0, 0.1) is 21.4 Å². The fourth-order valence-corrected chi connectivity index (χ4v) is 1.66. The third-order valence-corrected chi connectivity index (χ3v) is 2.92. The van der Waals surface area contributed by atoms with Crippen LogP contribution in [0.4, 0.5) is 11.4 Å². The maximum Gasteiger partial charge on any atom is 0.292 e. The molecule has 1 rings (SSSR count). The lowest BCUT2D eigenvalue weighted by Gasteiger charge is -2.21. The number of hydrogen-bond donors (Lipinski definition) is 1. The molecule has 0 aliphatic heterocycles. The van der Waals surface area contributed by atoms with Gasteiger partial charge in [-0.25, -0.2) is 0 Å². The van der Waals surface area contributed by atoms with Gasteiger partial charge >= 0.3 is 0 Å². The van der Waals surface area contributed by atoms with Crippen molar-refractivity contribution >= 4 is 17.3 Å². The van der Waals surface area contributed by atoms with E-state index in [-0.39, 0.29) is 17.3 Å². The minimum absolute atomic E-state index is 0.164. The molecule has 0 aliphatic rings. The van der Waals surface area contributed by atoms with Crippen molar-refractivity contribution in [3.05, 3.63) is 33.9 Å². The van der Waals surface area contributed by atoms with Crippen molar-refractivity contribution in [2.75, 3.05) is 18.9 Å². The molecule has 20 heavy (non-hydrogen) atoms. The van der Waals surface area contributed by atoms with Crippen LogP contribution in [0.25, 0.3) is 0 Å². The van der Waals surface area contributed by atoms with Crippen molar-refractivity contribution in [2.24, 2.45) is 0 Å². The molecule has 1 atom stereocenters. The van der Waals surface area contributed by atoms with Crippen LogP contribution in [0.2, 0.25) is 0 Å². The zero-order valence-electron chi connectivity index (χ0n) is 11.6. The number of anilines is 1. The van der Waals surface area contributed by atoms with Crippen LogP contribution < -0.4 is 5.32 Å². The Bertz CT molecular complexity index is 565. The van der Waals surface area contributed by atoms with Gasteiger partial charge in [0, 0.05) is 19.7 Å². The van der Waals surface area contributed by atoms with E-state index < -0.39 is 11.0 Å². The third kappa shape index (κ3) is 3.45. The van der Waals surface area contributed by atoms with Gasteiger partial charge < -0.3 is 10.2 Å². The number of nitrogens with one attached hydrogen (secondary N) is 1. The summed E-state index contributed by atoms with van der Waals surface area (Å²) in [6.07, 6.45) is 0. The molecule has 0 aromatic heterocycles.